The zero-order valence-electron chi connectivity index (χ0n) is 34.1. The fourth-order valence-electron chi connectivity index (χ4n) is 8.27. The standard InChI is InChI=1S/C40H48F3N7O8S3/c1-22-8-6-7-9-24-20-39(24,35(53)48-61(56,57)38(5)10-11-38)47-31(51)29-19-26(58-25-17-27(32-44-12-14-59-32)46-28(18-25)33-45-13-15-60-33)21-49(29)34(52)30(23(2)16-22)50(36(54)55)37(3,4)40(41,42)43/h7,9,12-15,17-18,22-24,26,29-30H,6,8,10-11,16,19-21H2,1-5H3,(H,47,51)(H,48,53)(H,54,55)/b9-7-/t22-,23-,24-,26-,29+,30+,39-/m1/s1. The lowest BCUT2D eigenvalue weighted by Crippen LogP contribution is -2.66. The number of carbonyl (C=O) groups is 4. The van der Waals surface area contributed by atoms with Crippen molar-refractivity contribution in [2.75, 3.05) is 6.54 Å². The molecule has 330 valence electrons. The number of carboxylic acid groups (broad SMARTS) is 1. The molecule has 0 bridgehead atoms. The van der Waals surface area contributed by atoms with Gasteiger partial charge in [-0.2, -0.15) is 13.2 Å². The van der Waals surface area contributed by atoms with E-state index in [4.69, 9.17) is 9.72 Å². The van der Waals surface area contributed by atoms with Crippen LogP contribution in [-0.4, -0.2) is 109 Å². The van der Waals surface area contributed by atoms with Gasteiger partial charge >= 0.3 is 12.3 Å². The number of amides is 4. The third-order valence-electron chi connectivity index (χ3n) is 12.4. The fourth-order valence-corrected chi connectivity index (χ4v) is 10.8. The number of fused-ring (bicyclic) bond motifs is 2. The topological polar surface area (TPSA) is 201 Å². The maximum absolute atomic E-state index is 15.1. The highest BCUT2D eigenvalue weighted by molar-refractivity contribution is 7.91. The van der Waals surface area contributed by atoms with E-state index in [1.165, 1.54) is 36.5 Å². The summed E-state index contributed by atoms with van der Waals surface area (Å²) in [5.41, 5.74) is -3.87. The number of rotatable bonds is 9. The number of allylic oxidation sites excluding steroid dienone is 1. The molecule has 3 fully saturated rings. The fraction of sp³-hybridized carbons (Fsp3) is 0.575. The monoisotopic (exact) mass is 907 g/mol. The number of nitrogens with zero attached hydrogens (tertiary/aromatic N) is 5. The van der Waals surface area contributed by atoms with E-state index in [1.54, 1.807) is 41.4 Å². The SMILES string of the molecule is C[C@@H]1CC/C=C\[C@@H]2C[C@@]2(C(=O)NS(=O)(=O)C2(C)CC2)NC(=O)[C@@H]2C[C@@H](Oc3cc(-c4nccs4)nc(-c4nccs4)c3)CN2C(=O)[C@@H](N(C(=O)O)C(C)(C)C(F)(F)F)[C@H](C)C1. The number of hydrogen-bond donors (Lipinski definition) is 3. The van der Waals surface area contributed by atoms with Gasteiger partial charge in [0.05, 0.1) is 11.3 Å². The highest BCUT2D eigenvalue weighted by atomic mass is 32.2. The summed E-state index contributed by atoms with van der Waals surface area (Å²) in [4.78, 5) is 71.4. The van der Waals surface area contributed by atoms with Crippen molar-refractivity contribution in [1.29, 1.82) is 0 Å². The first-order valence-corrected chi connectivity index (χ1v) is 23.2. The van der Waals surface area contributed by atoms with Crippen LogP contribution >= 0.6 is 22.7 Å². The predicted molar refractivity (Wildman–Crippen MR) is 220 cm³/mol. The normalized spacial score (nSPS) is 28.6. The lowest BCUT2D eigenvalue weighted by Gasteiger charge is -2.45. The first-order chi connectivity index (χ1) is 28.6. The van der Waals surface area contributed by atoms with Crippen molar-refractivity contribution in [3.05, 3.63) is 47.4 Å². The molecule has 5 heterocycles. The molecule has 61 heavy (non-hydrogen) atoms. The van der Waals surface area contributed by atoms with Crippen molar-refractivity contribution in [3.8, 4) is 27.2 Å². The summed E-state index contributed by atoms with van der Waals surface area (Å²) in [6.45, 7) is 5.93. The van der Waals surface area contributed by atoms with Crippen LogP contribution in [0.25, 0.3) is 21.4 Å². The van der Waals surface area contributed by atoms with E-state index in [-0.39, 0.29) is 42.4 Å². The third-order valence-corrected chi connectivity index (χ3v) is 16.1. The van der Waals surface area contributed by atoms with Crippen LogP contribution in [0.2, 0.25) is 0 Å². The van der Waals surface area contributed by atoms with Crippen LogP contribution in [0.15, 0.2) is 47.4 Å². The van der Waals surface area contributed by atoms with Gasteiger partial charge in [0, 0.05) is 47.6 Å². The molecule has 3 aromatic heterocycles. The van der Waals surface area contributed by atoms with Gasteiger partial charge in [0.2, 0.25) is 21.8 Å². The Morgan fingerprint density at radius 1 is 1.05 bits per heavy atom. The zero-order valence-corrected chi connectivity index (χ0v) is 36.6. The molecule has 2 aliphatic carbocycles. The highest BCUT2D eigenvalue weighted by Crippen LogP contribution is 2.48. The molecule has 21 heteroatoms. The second-order valence-corrected chi connectivity index (χ2v) is 21.3. The van der Waals surface area contributed by atoms with Gasteiger partial charge in [0.1, 0.15) is 56.4 Å². The number of halogens is 3. The molecule has 0 unspecified atom stereocenters. The van der Waals surface area contributed by atoms with Crippen molar-refractivity contribution in [1.82, 2.24) is 34.8 Å². The Labute approximate surface area is 359 Å². The zero-order chi connectivity index (χ0) is 44.3. The minimum absolute atomic E-state index is 0.0474. The summed E-state index contributed by atoms with van der Waals surface area (Å²) < 4.78 is 78.3. The first kappa shape index (κ1) is 44.4. The Hall–Kier alpha value is -4.63. The maximum atomic E-state index is 15.1. The van der Waals surface area contributed by atoms with Crippen LogP contribution in [0, 0.1) is 17.8 Å². The van der Waals surface area contributed by atoms with Gasteiger partial charge < -0.3 is 20.1 Å². The number of thiazole rings is 2. The number of pyridine rings is 1. The second-order valence-electron chi connectivity index (χ2n) is 17.4. The predicted octanol–water partition coefficient (Wildman–Crippen LogP) is 6.25. The molecular formula is C40H48F3N7O8S3. The van der Waals surface area contributed by atoms with E-state index < -0.39 is 85.9 Å². The van der Waals surface area contributed by atoms with Gasteiger partial charge in [-0.25, -0.2) is 28.2 Å². The minimum Gasteiger partial charge on any atom is -0.488 e. The van der Waals surface area contributed by atoms with Crippen molar-refractivity contribution in [2.45, 2.75) is 120 Å². The average molecular weight is 908 g/mol. The van der Waals surface area contributed by atoms with Crippen molar-refractivity contribution >= 4 is 56.5 Å². The van der Waals surface area contributed by atoms with E-state index in [0.29, 0.717) is 60.9 Å². The molecule has 2 saturated carbocycles. The Bertz CT molecular complexity index is 2250. The molecule has 3 N–H and O–H groups in total. The largest absolute Gasteiger partial charge is 0.488 e. The van der Waals surface area contributed by atoms with Crippen LogP contribution in [0.3, 0.4) is 0 Å². The summed E-state index contributed by atoms with van der Waals surface area (Å²) >= 11 is 2.66. The summed E-state index contributed by atoms with van der Waals surface area (Å²) in [5, 5.41) is 17.9. The van der Waals surface area contributed by atoms with E-state index in [2.05, 4.69) is 20.0 Å². The molecule has 2 aliphatic heterocycles. The first-order valence-electron chi connectivity index (χ1n) is 20.0. The molecule has 4 amide bonds. The van der Waals surface area contributed by atoms with Gasteiger partial charge in [-0.05, 0) is 71.1 Å². The van der Waals surface area contributed by atoms with Crippen molar-refractivity contribution in [2.24, 2.45) is 17.8 Å². The van der Waals surface area contributed by atoms with Crippen LogP contribution in [0.5, 0.6) is 5.75 Å². The molecule has 15 nitrogen and oxygen atoms in total. The number of nitrogens with one attached hydrogen (secondary N) is 2. The van der Waals surface area contributed by atoms with Gasteiger partial charge in [-0.15, -0.1) is 22.7 Å². The number of ether oxygens (including phenoxy) is 1. The number of alkyl halides is 3. The van der Waals surface area contributed by atoms with Crippen LogP contribution in [-0.2, 0) is 24.4 Å². The van der Waals surface area contributed by atoms with E-state index in [1.807, 2.05) is 13.0 Å². The molecule has 1 saturated heterocycles. The Morgan fingerprint density at radius 3 is 2.21 bits per heavy atom. The molecule has 3 aromatic rings. The van der Waals surface area contributed by atoms with Crippen LogP contribution in [0.1, 0.15) is 79.6 Å². The Balaban J connectivity index is 1.29. The van der Waals surface area contributed by atoms with Crippen LogP contribution in [0.4, 0.5) is 18.0 Å². The third kappa shape index (κ3) is 8.74. The smallest absolute Gasteiger partial charge is 0.411 e. The number of carbonyl (C=O) groups excluding carboxylic acids is 3. The number of aromatic nitrogens is 3. The number of sulfonamides is 1. The molecule has 7 atom stereocenters. The van der Waals surface area contributed by atoms with Gasteiger partial charge in [0.15, 0.2) is 0 Å². The van der Waals surface area contributed by atoms with E-state index >= 15 is 4.79 Å². The molecule has 0 aromatic carbocycles. The maximum Gasteiger partial charge on any atom is 0.411 e. The Kier molecular flexibility index (Phi) is 11.8. The van der Waals surface area contributed by atoms with Crippen LogP contribution < -0.4 is 14.8 Å². The summed E-state index contributed by atoms with van der Waals surface area (Å²) in [7, 11) is -4.13. The summed E-state index contributed by atoms with van der Waals surface area (Å²) in [6, 6.07) is -0.139. The van der Waals surface area contributed by atoms with Gasteiger partial charge in [-0.3, -0.25) is 24.0 Å². The quantitative estimate of drug-likeness (QED) is 0.205. The van der Waals surface area contributed by atoms with E-state index in [0.717, 1.165) is 4.90 Å². The molecule has 0 radical (unpaired) electrons. The van der Waals surface area contributed by atoms with Gasteiger partial charge in [-0.1, -0.05) is 26.0 Å². The summed E-state index contributed by atoms with van der Waals surface area (Å²) in [6.07, 6.45) is 0.366. The van der Waals surface area contributed by atoms with Crippen molar-refractivity contribution < 1.29 is 50.6 Å². The second kappa shape index (κ2) is 16.2. The Morgan fingerprint density at radius 2 is 1.67 bits per heavy atom. The number of hydrogen-bond acceptors (Lipinski definition) is 12. The minimum atomic E-state index is -5.10. The lowest BCUT2D eigenvalue weighted by molar-refractivity contribution is -0.222. The van der Waals surface area contributed by atoms with E-state index in [9.17, 15) is 41.1 Å². The molecule has 4 aliphatic rings. The van der Waals surface area contributed by atoms with Gasteiger partial charge in [0.25, 0.3) is 5.91 Å². The molecule has 0 spiro atoms. The van der Waals surface area contributed by atoms with Crippen molar-refractivity contribution in [3.63, 3.8) is 0 Å². The lowest BCUT2D eigenvalue weighted by atomic mass is 9.85. The molecule has 7 rings (SSSR count). The summed E-state index contributed by atoms with van der Waals surface area (Å²) in [5.74, 6) is -4.37. The average Bonchev–Trinajstić information content (AvgIpc) is 3.72. The molecular weight excluding hydrogens is 860 g/mol. The highest BCUT2D eigenvalue weighted by Gasteiger charge is 2.64.